The Kier molecular flexibility index (Phi) is 11.5. The minimum atomic E-state index is -4.71. The molecular weight excluding hydrogens is 639 g/mol. The first-order chi connectivity index (χ1) is 21.9. The van der Waals surface area contributed by atoms with Crippen molar-refractivity contribution in [1.82, 2.24) is 5.32 Å². The van der Waals surface area contributed by atoms with Crippen LogP contribution in [0, 0.1) is 0 Å². The first-order valence-corrected chi connectivity index (χ1v) is 15.3. The van der Waals surface area contributed by atoms with Crippen LogP contribution in [-0.4, -0.2) is 29.6 Å². The maximum atomic E-state index is 13.5. The van der Waals surface area contributed by atoms with Crippen LogP contribution in [0.3, 0.4) is 0 Å². The molecule has 0 spiro atoms. The standard InChI is InChI=1S/C34H29ClF3N3O4S/c1-3-45-26-15-12-22(13-16-26)18-30(41-32(43)23-8-5-4-6-9-23)33(44)39-25-10-7-11-27(20-25)46-21(2)31(42)40-29-17-14-24(35)19-28(29)34(36,37)38/h4-21H,3H2,1-2H3,(H,39,44)(H,40,42)(H,41,43)/b30-18+. The molecule has 12 heteroatoms. The molecule has 0 bridgehead atoms. The molecule has 3 N–H and O–H groups in total. The van der Waals surface area contributed by atoms with Crippen LogP contribution in [0.4, 0.5) is 24.5 Å². The lowest BCUT2D eigenvalue weighted by Crippen LogP contribution is -2.30. The van der Waals surface area contributed by atoms with E-state index in [9.17, 15) is 27.6 Å². The summed E-state index contributed by atoms with van der Waals surface area (Å²) in [5, 5.41) is 6.86. The fraction of sp³-hybridized carbons (Fsp3) is 0.147. The van der Waals surface area contributed by atoms with E-state index in [1.807, 2.05) is 6.92 Å². The topological polar surface area (TPSA) is 96.5 Å². The van der Waals surface area contributed by atoms with Gasteiger partial charge in [-0.1, -0.05) is 48.0 Å². The van der Waals surface area contributed by atoms with Crippen molar-refractivity contribution in [3.63, 3.8) is 0 Å². The second-order valence-electron chi connectivity index (χ2n) is 9.80. The normalized spacial score (nSPS) is 12.2. The van der Waals surface area contributed by atoms with E-state index in [-0.39, 0.29) is 10.7 Å². The van der Waals surface area contributed by atoms with E-state index >= 15 is 0 Å². The van der Waals surface area contributed by atoms with Crippen molar-refractivity contribution < 1.29 is 32.3 Å². The number of ether oxygens (including phenoxy) is 1. The van der Waals surface area contributed by atoms with Gasteiger partial charge in [-0.15, -0.1) is 11.8 Å². The lowest BCUT2D eigenvalue weighted by Gasteiger charge is -2.17. The Morgan fingerprint density at radius 2 is 1.63 bits per heavy atom. The van der Waals surface area contributed by atoms with Gasteiger partial charge in [-0.3, -0.25) is 14.4 Å². The molecule has 0 heterocycles. The number of carbonyl (C=O) groups excluding carboxylic acids is 3. The number of hydrogen-bond donors (Lipinski definition) is 3. The lowest BCUT2D eigenvalue weighted by atomic mass is 10.1. The third-order valence-electron chi connectivity index (χ3n) is 6.35. The summed E-state index contributed by atoms with van der Waals surface area (Å²) in [4.78, 5) is 39.8. The van der Waals surface area contributed by atoms with Gasteiger partial charge in [-0.05, 0) is 86.2 Å². The van der Waals surface area contributed by atoms with Gasteiger partial charge in [0.2, 0.25) is 5.91 Å². The zero-order valence-corrected chi connectivity index (χ0v) is 26.2. The van der Waals surface area contributed by atoms with E-state index in [1.54, 1.807) is 85.8 Å². The molecule has 238 valence electrons. The van der Waals surface area contributed by atoms with Crippen LogP contribution in [0.1, 0.15) is 35.3 Å². The predicted octanol–water partition coefficient (Wildman–Crippen LogP) is 8.29. The van der Waals surface area contributed by atoms with Crippen molar-refractivity contribution in [2.24, 2.45) is 0 Å². The first-order valence-electron chi connectivity index (χ1n) is 14.0. The summed E-state index contributed by atoms with van der Waals surface area (Å²) in [6.07, 6.45) is -3.18. The summed E-state index contributed by atoms with van der Waals surface area (Å²) in [6, 6.07) is 25.1. The number of rotatable bonds is 11. The molecule has 46 heavy (non-hydrogen) atoms. The second-order valence-corrected chi connectivity index (χ2v) is 11.6. The third-order valence-corrected chi connectivity index (χ3v) is 7.68. The minimum absolute atomic E-state index is 0.0211. The molecular formula is C34H29ClF3N3O4S. The van der Waals surface area contributed by atoms with Crippen LogP contribution in [0.2, 0.25) is 5.02 Å². The molecule has 0 saturated heterocycles. The Morgan fingerprint density at radius 1 is 0.913 bits per heavy atom. The Balaban J connectivity index is 1.49. The minimum Gasteiger partial charge on any atom is -0.494 e. The number of benzene rings is 4. The van der Waals surface area contributed by atoms with E-state index in [2.05, 4.69) is 16.0 Å². The zero-order chi connectivity index (χ0) is 33.3. The molecule has 0 radical (unpaired) electrons. The number of alkyl halides is 3. The quantitative estimate of drug-likeness (QED) is 0.111. The number of amides is 3. The highest BCUT2D eigenvalue weighted by Crippen LogP contribution is 2.37. The maximum Gasteiger partial charge on any atom is 0.418 e. The molecule has 4 rings (SSSR count). The van der Waals surface area contributed by atoms with Gasteiger partial charge < -0.3 is 20.7 Å². The molecule has 0 aromatic heterocycles. The number of thioether (sulfide) groups is 1. The van der Waals surface area contributed by atoms with Gasteiger partial charge in [0.05, 0.1) is 23.1 Å². The van der Waals surface area contributed by atoms with Crippen molar-refractivity contribution in [3.8, 4) is 5.75 Å². The van der Waals surface area contributed by atoms with Crippen molar-refractivity contribution in [2.45, 2.75) is 30.2 Å². The molecule has 1 unspecified atom stereocenters. The smallest absolute Gasteiger partial charge is 0.418 e. The first kappa shape index (κ1) is 34.1. The highest BCUT2D eigenvalue weighted by molar-refractivity contribution is 8.00. The van der Waals surface area contributed by atoms with Gasteiger partial charge in [-0.25, -0.2) is 0 Å². The Hall–Kier alpha value is -4.74. The van der Waals surface area contributed by atoms with Crippen LogP contribution in [0.15, 0.2) is 108 Å². The average Bonchev–Trinajstić information content (AvgIpc) is 3.02. The lowest BCUT2D eigenvalue weighted by molar-refractivity contribution is -0.137. The van der Waals surface area contributed by atoms with E-state index < -0.39 is 40.4 Å². The number of carbonyl (C=O) groups is 3. The second kappa shape index (κ2) is 15.5. The zero-order valence-electron chi connectivity index (χ0n) is 24.7. The van der Waals surface area contributed by atoms with E-state index in [1.165, 1.54) is 12.1 Å². The SMILES string of the molecule is CCOc1ccc(/C=C(/NC(=O)c2ccccc2)C(=O)Nc2cccc(SC(C)C(=O)Nc3ccc(Cl)cc3C(F)(F)F)c2)cc1. The summed E-state index contributed by atoms with van der Waals surface area (Å²) in [5.41, 5.74) is -0.109. The van der Waals surface area contributed by atoms with Crippen molar-refractivity contribution in [1.29, 1.82) is 0 Å². The van der Waals surface area contributed by atoms with Gasteiger partial charge in [0.15, 0.2) is 0 Å². The summed E-state index contributed by atoms with van der Waals surface area (Å²) in [6.45, 7) is 3.91. The Morgan fingerprint density at radius 3 is 2.30 bits per heavy atom. The monoisotopic (exact) mass is 667 g/mol. The number of halogens is 4. The van der Waals surface area contributed by atoms with Crippen molar-refractivity contribution in [2.75, 3.05) is 17.2 Å². The van der Waals surface area contributed by atoms with Gasteiger partial charge in [0.25, 0.3) is 11.8 Å². The van der Waals surface area contributed by atoms with Gasteiger partial charge >= 0.3 is 6.18 Å². The molecule has 7 nitrogen and oxygen atoms in total. The summed E-state index contributed by atoms with van der Waals surface area (Å²) in [5.74, 6) is -1.08. The highest BCUT2D eigenvalue weighted by Gasteiger charge is 2.34. The summed E-state index contributed by atoms with van der Waals surface area (Å²) >= 11 is 6.82. The molecule has 0 saturated carbocycles. The molecule has 3 amide bonds. The number of hydrogen-bond acceptors (Lipinski definition) is 5. The van der Waals surface area contributed by atoms with Gasteiger partial charge in [-0.2, -0.15) is 13.2 Å². The van der Waals surface area contributed by atoms with Crippen molar-refractivity contribution in [3.05, 3.63) is 124 Å². The largest absolute Gasteiger partial charge is 0.494 e. The summed E-state index contributed by atoms with van der Waals surface area (Å²) < 4.78 is 45.9. The third kappa shape index (κ3) is 9.63. The van der Waals surface area contributed by atoms with E-state index in [0.717, 1.165) is 23.9 Å². The van der Waals surface area contributed by atoms with Gasteiger partial charge in [0, 0.05) is 21.2 Å². The fourth-order valence-electron chi connectivity index (χ4n) is 4.13. The van der Waals surface area contributed by atoms with E-state index in [4.69, 9.17) is 16.3 Å². The molecule has 0 fully saturated rings. The highest BCUT2D eigenvalue weighted by atomic mass is 35.5. The molecule has 0 aliphatic carbocycles. The number of nitrogens with one attached hydrogen (secondary N) is 3. The van der Waals surface area contributed by atoms with Crippen LogP contribution in [0.25, 0.3) is 6.08 Å². The average molecular weight is 668 g/mol. The Labute approximate surface area is 273 Å². The van der Waals surface area contributed by atoms with Crippen LogP contribution >= 0.6 is 23.4 Å². The van der Waals surface area contributed by atoms with Crippen LogP contribution in [0.5, 0.6) is 5.75 Å². The molecule has 0 aliphatic heterocycles. The van der Waals surface area contributed by atoms with Crippen molar-refractivity contribution >= 4 is 58.5 Å². The predicted molar refractivity (Wildman–Crippen MR) is 175 cm³/mol. The molecule has 4 aromatic carbocycles. The number of anilines is 2. The summed E-state index contributed by atoms with van der Waals surface area (Å²) in [7, 11) is 0. The van der Waals surface area contributed by atoms with E-state index in [0.29, 0.717) is 34.1 Å². The molecule has 4 aromatic rings. The van der Waals surface area contributed by atoms with Crippen LogP contribution < -0.4 is 20.7 Å². The Bertz CT molecular complexity index is 1730. The fourth-order valence-corrected chi connectivity index (χ4v) is 5.23. The maximum absolute atomic E-state index is 13.5. The molecule has 1 atom stereocenters. The molecule has 0 aliphatic rings. The van der Waals surface area contributed by atoms with Crippen LogP contribution in [-0.2, 0) is 15.8 Å². The van der Waals surface area contributed by atoms with Gasteiger partial charge in [0.1, 0.15) is 11.4 Å².